The van der Waals surface area contributed by atoms with Gasteiger partial charge in [-0.05, 0) is 65.7 Å². The van der Waals surface area contributed by atoms with Crippen LogP contribution in [-0.2, 0) is 6.42 Å². The average molecular weight is 352 g/mol. The molecule has 1 atom stereocenters. The molecule has 0 amide bonds. The number of halogens is 1. The maximum absolute atomic E-state index is 3.68. The molecule has 1 unspecified atom stereocenters. The molecule has 0 aliphatic carbocycles. The molecule has 0 saturated heterocycles. The third kappa shape index (κ3) is 4.18. The molecule has 1 aromatic heterocycles. The van der Waals surface area contributed by atoms with E-state index in [1.807, 2.05) is 0 Å². The highest BCUT2D eigenvalue weighted by Crippen LogP contribution is 2.30. The molecule has 0 bridgehead atoms. The van der Waals surface area contributed by atoms with Crippen molar-refractivity contribution in [2.24, 2.45) is 0 Å². The standard InChI is InChI=1S/C17H22BrNS/c1-4-5-19-17(15-10-20-11-16(15)18)9-14-7-12(2)6-13(3)8-14/h6-8,10-11,17,19H,4-5,9H2,1-3H3. The molecule has 0 aliphatic rings. The summed E-state index contributed by atoms with van der Waals surface area (Å²) in [6, 6.07) is 7.22. The van der Waals surface area contributed by atoms with Crippen molar-refractivity contribution >= 4 is 27.3 Å². The number of aryl methyl sites for hydroxylation is 2. The molecule has 0 fully saturated rings. The Kier molecular flexibility index (Phi) is 5.82. The van der Waals surface area contributed by atoms with Gasteiger partial charge in [-0.2, -0.15) is 11.3 Å². The second-order valence-corrected chi connectivity index (χ2v) is 6.98. The predicted molar refractivity (Wildman–Crippen MR) is 92.7 cm³/mol. The molecule has 0 saturated carbocycles. The summed E-state index contributed by atoms with van der Waals surface area (Å²) in [5, 5.41) is 8.09. The smallest absolute Gasteiger partial charge is 0.0380 e. The number of hydrogen-bond donors (Lipinski definition) is 1. The molecular formula is C17H22BrNS. The molecular weight excluding hydrogens is 330 g/mol. The van der Waals surface area contributed by atoms with Gasteiger partial charge < -0.3 is 5.32 Å². The Balaban J connectivity index is 2.21. The zero-order valence-corrected chi connectivity index (χ0v) is 14.8. The van der Waals surface area contributed by atoms with Crippen LogP contribution < -0.4 is 5.32 Å². The Bertz CT molecular complexity index is 542. The van der Waals surface area contributed by atoms with Crippen molar-refractivity contribution in [2.75, 3.05) is 6.54 Å². The Morgan fingerprint density at radius 3 is 2.40 bits per heavy atom. The monoisotopic (exact) mass is 351 g/mol. The van der Waals surface area contributed by atoms with Crippen LogP contribution in [0, 0.1) is 13.8 Å². The van der Waals surface area contributed by atoms with Crippen LogP contribution in [0.4, 0.5) is 0 Å². The summed E-state index contributed by atoms with van der Waals surface area (Å²) in [5.41, 5.74) is 5.48. The van der Waals surface area contributed by atoms with E-state index in [1.165, 1.54) is 26.7 Å². The topological polar surface area (TPSA) is 12.0 Å². The van der Waals surface area contributed by atoms with E-state index in [9.17, 15) is 0 Å². The summed E-state index contributed by atoms with van der Waals surface area (Å²) >= 11 is 5.43. The summed E-state index contributed by atoms with van der Waals surface area (Å²) in [5.74, 6) is 0. The van der Waals surface area contributed by atoms with Crippen LogP contribution in [-0.4, -0.2) is 6.54 Å². The average Bonchev–Trinajstić information content (AvgIpc) is 2.79. The van der Waals surface area contributed by atoms with Crippen LogP contribution in [0.15, 0.2) is 33.4 Å². The zero-order chi connectivity index (χ0) is 14.5. The summed E-state index contributed by atoms with van der Waals surface area (Å²) in [4.78, 5) is 0. The summed E-state index contributed by atoms with van der Waals surface area (Å²) in [6.45, 7) is 7.61. The van der Waals surface area contributed by atoms with Crippen molar-refractivity contribution in [2.45, 2.75) is 39.7 Å². The normalized spacial score (nSPS) is 12.6. The molecule has 20 heavy (non-hydrogen) atoms. The molecule has 1 N–H and O–H groups in total. The highest BCUT2D eigenvalue weighted by atomic mass is 79.9. The Morgan fingerprint density at radius 1 is 1.15 bits per heavy atom. The molecule has 3 heteroatoms. The van der Waals surface area contributed by atoms with E-state index in [1.54, 1.807) is 11.3 Å². The number of benzene rings is 1. The molecule has 0 aliphatic heterocycles. The first kappa shape index (κ1) is 15.7. The number of hydrogen-bond acceptors (Lipinski definition) is 2. The van der Waals surface area contributed by atoms with Crippen LogP contribution in [0.5, 0.6) is 0 Å². The maximum atomic E-state index is 3.68. The predicted octanol–water partition coefficient (Wildman–Crippen LogP) is 5.41. The molecule has 2 aromatic rings. The third-order valence-electron chi connectivity index (χ3n) is 3.38. The molecule has 108 valence electrons. The van der Waals surface area contributed by atoms with E-state index in [2.05, 4.69) is 71.0 Å². The van der Waals surface area contributed by atoms with Crippen molar-refractivity contribution in [3.8, 4) is 0 Å². The van der Waals surface area contributed by atoms with Gasteiger partial charge in [-0.3, -0.25) is 0 Å². The lowest BCUT2D eigenvalue weighted by Gasteiger charge is -2.19. The van der Waals surface area contributed by atoms with Crippen LogP contribution in [0.1, 0.15) is 41.6 Å². The molecule has 2 rings (SSSR count). The Morgan fingerprint density at radius 2 is 1.85 bits per heavy atom. The fourth-order valence-electron chi connectivity index (χ4n) is 2.57. The Hall–Kier alpha value is -0.640. The van der Waals surface area contributed by atoms with E-state index in [4.69, 9.17) is 0 Å². The van der Waals surface area contributed by atoms with Crippen LogP contribution in [0.2, 0.25) is 0 Å². The number of thiophene rings is 1. The summed E-state index contributed by atoms with van der Waals surface area (Å²) < 4.78 is 1.22. The first-order chi connectivity index (χ1) is 9.60. The highest BCUT2D eigenvalue weighted by Gasteiger charge is 2.15. The third-order valence-corrected chi connectivity index (χ3v) is 5.13. The van der Waals surface area contributed by atoms with Crippen molar-refractivity contribution in [1.29, 1.82) is 0 Å². The lowest BCUT2D eigenvalue weighted by Crippen LogP contribution is -2.24. The van der Waals surface area contributed by atoms with E-state index < -0.39 is 0 Å². The van der Waals surface area contributed by atoms with Crippen molar-refractivity contribution in [3.05, 3.63) is 55.7 Å². The molecule has 1 nitrogen and oxygen atoms in total. The van der Waals surface area contributed by atoms with Crippen molar-refractivity contribution < 1.29 is 0 Å². The summed E-state index contributed by atoms with van der Waals surface area (Å²) in [6.07, 6.45) is 2.20. The van der Waals surface area contributed by atoms with Gasteiger partial charge in [-0.1, -0.05) is 36.2 Å². The van der Waals surface area contributed by atoms with Crippen LogP contribution in [0.25, 0.3) is 0 Å². The van der Waals surface area contributed by atoms with Gasteiger partial charge in [0, 0.05) is 15.9 Å². The van der Waals surface area contributed by atoms with Gasteiger partial charge in [0.15, 0.2) is 0 Å². The van der Waals surface area contributed by atoms with Gasteiger partial charge in [-0.25, -0.2) is 0 Å². The van der Waals surface area contributed by atoms with E-state index in [0.717, 1.165) is 19.4 Å². The maximum Gasteiger partial charge on any atom is 0.0380 e. The quantitative estimate of drug-likeness (QED) is 0.733. The molecule has 0 radical (unpaired) electrons. The van der Waals surface area contributed by atoms with Gasteiger partial charge in [-0.15, -0.1) is 0 Å². The van der Waals surface area contributed by atoms with Crippen molar-refractivity contribution in [1.82, 2.24) is 5.32 Å². The van der Waals surface area contributed by atoms with Gasteiger partial charge in [0.05, 0.1) is 0 Å². The largest absolute Gasteiger partial charge is 0.310 e. The Labute approximate surface area is 134 Å². The number of rotatable bonds is 6. The van der Waals surface area contributed by atoms with Crippen molar-refractivity contribution in [3.63, 3.8) is 0 Å². The SMILES string of the molecule is CCCNC(Cc1cc(C)cc(C)c1)c1cscc1Br. The van der Waals surface area contributed by atoms with Gasteiger partial charge in [0.2, 0.25) is 0 Å². The minimum atomic E-state index is 0.386. The van der Waals surface area contributed by atoms with Crippen LogP contribution >= 0.6 is 27.3 Å². The molecule has 1 aromatic carbocycles. The lowest BCUT2D eigenvalue weighted by atomic mass is 9.98. The van der Waals surface area contributed by atoms with Gasteiger partial charge in [0.1, 0.15) is 0 Å². The van der Waals surface area contributed by atoms with E-state index in [0.29, 0.717) is 6.04 Å². The van der Waals surface area contributed by atoms with Gasteiger partial charge in [0.25, 0.3) is 0 Å². The fourth-order valence-corrected chi connectivity index (χ4v) is 4.20. The summed E-state index contributed by atoms with van der Waals surface area (Å²) in [7, 11) is 0. The molecule has 0 spiro atoms. The lowest BCUT2D eigenvalue weighted by molar-refractivity contribution is 0.529. The zero-order valence-electron chi connectivity index (χ0n) is 12.4. The second kappa shape index (κ2) is 7.39. The first-order valence-corrected chi connectivity index (χ1v) is 8.86. The second-order valence-electron chi connectivity index (χ2n) is 5.38. The van der Waals surface area contributed by atoms with Crippen LogP contribution in [0.3, 0.4) is 0 Å². The van der Waals surface area contributed by atoms with E-state index >= 15 is 0 Å². The fraction of sp³-hybridized carbons (Fsp3) is 0.412. The molecule has 1 heterocycles. The highest BCUT2D eigenvalue weighted by molar-refractivity contribution is 9.10. The minimum Gasteiger partial charge on any atom is -0.310 e. The first-order valence-electron chi connectivity index (χ1n) is 7.12. The van der Waals surface area contributed by atoms with Gasteiger partial charge >= 0.3 is 0 Å². The minimum absolute atomic E-state index is 0.386. The van der Waals surface area contributed by atoms with E-state index in [-0.39, 0.29) is 0 Å². The number of nitrogens with one attached hydrogen (secondary N) is 1.